The van der Waals surface area contributed by atoms with Crippen molar-refractivity contribution in [3.63, 3.8) is 0 Å². The fourth-order valence-corrected chi connectivity index (χ4v) is 5.56. The first-order valence-electron chi connectivity index (χ1n) is 10.4. The molecule has 3 aromatic rings. The van der Waals surface area contributed by atoms with Gasteiger partial charge < -0.3 is 4.90 Å². The first-order chi connectivity index (χ1) is 14.5. The van der Waals surface area contributed by atoms with Crippen molar-refractivity contribution >= 4 is 33.7 Å². The second-order valence-corrected chi connectivity index (χ2v) is 8.89. The van der Waals surface area contributed by atoms with E-state index in [9.17, 15) is 14.4 Å². The molecular formula is C22H24N4O3S. The van der Waals surface area contributed by atoms with Gasteiger partial charge in [-0.1, -0.05) is 18.2 Å². The number of nitrogens with zero attached hydrogens (tertiary/aromatic N) is 4. The zero-order chi connectivity index (χ0) is 20.8. The molecule has 4 heterocycles. The topological polar surface area (TPSA) is 67.5 Å². The highest BCUT2D eigenvalue weighted by Crippen LogP contribution is 2.27. The number of carbonyl (C=O) groups is 1. The smallest absolute Gasteiger partial charge is 0.331 e. The number of para-hydroxylation sites is 1. The number of thiophene rings is 1. The van der Waals surface area contributed by atoms with E-state index in [0.29, 0.717) is 41.8 Å². The van der Waals surface area contributed by atoms with E-state index in [4.69, 9.17) is 0 Å². The zero-order valence-electron chi connectivity index (χ0n) is 17.0. The summed E-state index contributed by atoms with van der Waals surface area (Å²) >= 11 is 1.27. The number of anilines is 1. The van der Waals surface area contributed by atoms with Crippen molar-refractivity contribution in [1.29, 1.82) is 0 Å². The highest BCUT2D eigenvalue weighted by molar-refractivity contribution is 7.13. The number of Topliss-reactive ketones (excluding diaryl/α,β-unsaturated/α-hetero) is 1. The molecule has 8 heteroatoms. The first-order valence-corrected chi connectivity index (χ1v) is 11.2. The number of hydrogen-bond donors (Lipinski definition) is 0. The van der Waals surface area contributed by atoms with Crippen LogP contribution in [0.2, 0.25) is 0 Å². The Bertz CT molecular complexity index is 1250. The average molecular weight is 425 g/mol. The van der Waals surface area contributed by atoms with Crippen LogP contribution in [-0.2, 0) is 13.1 Å². The van der Waals surface area contributed by atoms with Gasteiger partial charge in [0.2, 0.25) is 0 Å². The number of benzene rings is 1. The van der Waals surface area contributed by atoms with E-state index in [1.165, 1.54) is 27.2 Å². The Hall–Kier alpha value is -2.71. The lowest BCUT2D eigenvalue weighted by Crippen LogP contribution is -2.49. The van der Waals surface area contributed by atoms with E-state index >= 15 is 0 Å². The zero-order valence-corrected chi connectivity index (χ0v) is 17.8. The standard InChI is InChI=1S/C22H24N4O3S/c1-15-4-2-3-5-17(15)24-11-8-23(9-12-24)10-13-26-21(28)16-14-30-20-18(27)6-7-25(19(16)20)22(26)29/h2-5,14H,6-13H2,1H3. The maximum Gasteiger partial charge on any atom is 0.331 e. The van der Waals surface area contributed by atoms with E-state index in [1.54, 1.807) is 9.95 Å². The van der Waals surface area contributed by atoms with Crippen molar-refractivity contribution in [2.24, 2.45) is 0 Å². The number of ketones is 1. The van der Waals surface area contributed by atoms with Gasteiger partial charge in [-0.05, 0) is 18.6 Å². The summed E-state index contributed by atoms with van der Waals surface area (Å²) in [5.41, 5.74) is 2.52. The third-order valence-electron chi connectivity index (χ3n) is 6.26. The third kappa shape index (κ3) is 3.11. The summed E-state index contributed by atoms with van der Waals surface area (Å²) in [7, 11) is 0. The molecule has 0 amide bonds. The van der Waals surface area contributed by atoms with Crippen LogP contribution in [0.5, 0.6) is 0 Å². The molecule has 0 spiro atoms. The van der Waals surface area contributed by atoms with E-state index < -0.39 is 0 Å². The van der Waals surface area contributed by atoms with E-state index in [2.05, 4.69) is 41.0 Å². The maximum atomic E-state index is 13.0. The van der Waals surface area contributed by atoms with Crippen LogP contribution >= 0.6 is 11.3 Å². The molecule has 0 aliphatic carbocycles. The van der Waals surface area contributed by atoms with Crippen LogP contribution in [0.25, 0.3) is 10.9 Å². The normalized spacial score (nSPS) is 17.1. The monoisotopic (exact) mass is 424 g/mol. The summed E-state index contributed by atoms with van der Waals surface area (Å²) in [6, 6.07) is 8.42. The highest BCUT2D eigenvalue weighted by Gasteiger charge is 2.26. The Morgan fingerprint density at radius 3 is 2.50 bits per heavy atom. The SMILES string of the molecule is Cc1ccccc1N1CCN(CCn2c(=O)c3csc4c3n(c2=O)CCC4=O)CC1. The van der Waals surface area contributed by atoms with Crippen molar-refractivity contribution in [3.05, 3.63) is 60.9 Å². The molecule has 0 radical (unpaired) electrons. The average Bonchev–Trinajstić information content (AvgIpc) is 3.20. The van der Waals surface area contributed by atoms with Crippen molar-refractivity contribution < 1.29 is 4.79 Å². The lowest BCUT2D eigenvalue weighted by atomic mass is 10.1. The number of piperazine rings is 1. The van der Waals surface area contributed by atoms with Gasteiger partial charge in [-0.3, -0.25) is 23.6 Å². The molecule has 1 fully saturated rings. The molecule has 0 unspecified atom stereocenters. The van der Waals surface area contributed by atoms with Gasteiger partial charge in [-0.2, -0.15) is 0 Å². The Kier molecular flexibility index (Phi) is 4.83. The third-order valence-corrected chi connectivity index (χ3v) is 7.27. The molecule has 30 heavy (non-hydrogen) atoms. The number of hydrogen-bond acceptors (Lipinski definition) is 6. The number of rotatable bonds is 4. The fraction of sp³-hybridized carbons (Fsp3) is 0.409. The quantitative estimate of drug-likeness (QED) is 0.640. The van der Waals surface area contributed by atoms with E-state index in [-0.39, 0.29) is 17.0 Å². The molecular weight excluding hydrogens is 400 g/mol. The molecule has 1 aromatic carbocycles. The van der Waals surface area contributed by atoms with Crippen LogP contribution in [0, 0.1) is 6.92 Å². The summed E-state index contributed by atoms with van der Waals surface area (Å²) in [5, 5.41) is 2.22. The molecule has 156 valence electrons. The molecule has 0 saturated carbocycles. The molecule has 0 atom stereocenters. The minimum atomic E-state index is -0.293. The van der Waals surface area contributed by atoms with Gasteiger partial charge in [0.15, 0.2) is 5.78 Å². The number of aromatic nitrogens is 2. The largest absolute Gasteiger partial charge is 0.369 e. The summed E-state index contributed by atoms with van der Waals surface area (Å²) in [6.45, 7) is 7.18. The van der Waals surface area contributed by atoms with Crippen LogP contribution in [-0.4, -0.2) is 52.5 Å². The van der Waals surface area contributed by atoms with E-state index in [0.717, 1.165) is 26.2 Å². The minimum absolute atomic E-state index is 0.0260. The molecule has 7 nitrogen and oxygen atoms in total. The Balaban J connectivity index is 1.32. The molecule has 2 aliphatic heterocycles. The van der Waals surface area contributed by atoms with Crippen molar-refractivity contribution in [3.8, 4) is 0 Å². The molecule has 0 bridgehead atoms. The van der Waals surface area contributed by atoms with E-state index in [1.807, 2.05) is 0 Å². The second-order valence-electron chi connectivity index (χ2n) is 8.01. The Labute approximate surface area is 177 Å². The molecule has 0 N–H and O–H groups in total. The summed E-state index contributed by atoms with van der Waals surface area (Å²) in [4.78, 5) is 43.2. The summed E-state index contributed by atoms with van der Waals surface area (Å²) < 4.78 is 2.96. The van der Waals surface area contributed by atoms with Gasteiger partial charge in [0, 0.05) is 63.3 Å². The predicted molar refractivity (Wildman–Crippen MR) is 119 cm³/mol. The van der Waals surface area contributed by atoms with Crippen molar-refractivity contribution in [2.75, 3.05) is 37.6 Å². The van der Waals surface area contributed by atoms with Crippen LogP contribution in [0.1, 0.15) is 21.7 Å². The molecule has 2 aromatic heterocycles. The van der Waals surface area contributed by atoms with Crippen LogP contribution in [0.3, 0.4) is 0 Å². The Morgan fingerprint density at radius 2 is 1.73 bits per heavy atom. The molecule has 1 saturated heterocycles. The highest BCUT2D eigenvalue weighted by atomic mass is 32.1. The van der Waals surface area contributed by atoms with Gasteiger partial charge in [-0.15, -0.1) is 11.3 Å². The minimum Gasteiger partial charge on any atom is -0.369 e. The molecule has 2 aliphatic rings. The van der Waals surface area contributed by atoms with Crippen LogP contribution in [0.15, 0.2) is 39.2 Å². The molecule has 5 rings (SSSR count). The van der Waals surface area contributed by atoms with Crippen molar-refractivity contribution in [2.45, 2.75) is 26.4 Å². The van der Waals surface area contributed by atoms with Gasteiger partial charge in [0.05, 0.1) is 15.8 Å². The van der Waals surface area contributed by atoms with Crippen molar-refractivity contribution in [1.82, 2.24) is 14.0 Å². The van der Waals surface area contributed by atoms with Gasteiger partial charge >= 0.3 is 5.69 Å². The van der Waals surface area contributed by atoms with Gasteiger partial charge in [0.25, 0.3) is 5.56 Å². The summed E-state index contributed by atoms with van der Waals surface area (Å²) in [6.07, 6.45) is 0.321. The predicted octanol–water partition coefficient (Wildman–Crippen LogP) is 1.94. The van der Waals surface area contributed by atoms with Gasteiger partial charge in [0.1, 0.15) is 0 Å². The van der Waals surface area contributed by atoms with Crippen LogP contribution in [0.4, 0.5) is 5.69 Å². The number of aryl methyl sites for hydroxylation is 2. The second kappa shape index (κ2) is 7.52. The fourth-order valence-electron chi connectivity index (χ4n) is 4.55. The number of carbonyl (C=O) groups excluding carboxylic acids is 1. The Morgan fingerprint density at radius 1 is 0.967 bits per heavy atom. The lowest BCUT2D eigenvalue weighted by Gasteiger charge is -2.36. The first kappa shape index (κ1) is 19.3. The van der Waals surface area contributed by atoms with Gasteiger partial charge in [-0.25, -0.2) is 4.79 Å². The summed E-state index contributed by atoms with van der Waals surface area (Å²) in [5.74, 6) is 0.0260. The van der Waals surface area contributed by atoms with Crippen LogP contribution < -0.4 is 16.1 Å². The lowest BCUT2D eigenvalue weighted by molar-refractivity contribution is 0.0976. The maximum absolute atomic E-state index is 13.0.